The van der Waals surface area contributed by atoms with Crippen molar-refractivity contribution < 1.29 is 4.79 Å². The second kappa shape index (κ2) is 7.05. The summed E-state index contributed by atoms with van der Waals surface area (Å²) in [6.45, 7) is 2.19. The third kappa shape index (κ3) is 3.43. The number of hydrogen-bond donors (Lipinski definition) is 2. The molecule has 0 saturated carbocycles. The zero-order valence-corrected chi connectivity index (χ0v) is 15.3. The lowest BCUT2D eigenvalue weighted by molar-refractivity contribution is 0.102. The number of piperidine rings is 1. The summed E-state index contributed by atoms with van der Waals surface area (Å²) in [5, 5.41) is 3.20. The Morgan fingerprint density at radius 3 is 2.81 bits per heavy atom. The van der Waals surface area contributed by atoms with E-state index in [0.29, 0.717) is 22.5 Å². The van der Waals surface area contributed by atoms with Gasteiger partial charge in [-0.1, -0.05) is 11.6 Å². The summed E-state index contributed by atoms with van der Waals surface area (Å²) in [6, 6.07) is 7.00. The van der Waals surface area contributed by atoms with Crippen LogP contribution in [0.2, 0.25) is 5.15 Å². The minimum absolute atomic E-state index is 0.252. The molecule has 0 aliphatic carbocycles. The Labute approximate surface area is 156 Å². The lowest BCUT2D eigenvalue weighted by atomic mass is 9.91. The lowest BCUT2D eigenvalue weighted by Crippen LogP contribution is -2.29. The van der Waals surface area contributed by atoms with Crippen molar-refractivity contribution in [2.75, 3.05) is 25.5 Å². The minimum Gasteiger partial charge on any atom is -0.360 e. The van der Waals surface area contributed by atoms with E-state index in [2.05, 4.69) is 38.4 Å². The maximum absolute atomic E-state index is 12.4. The zero-order valence-electron chi connectivity index (χ0n) is 14.5. The quantitative estimate of drug-likeness (QED) is 0.691. The molecular formula is C19H20ClN5O. The molecular weight excluding hydrogens is 350 g/mol. The summed E-state index contributed by atoms with van der Waals surface area (Å²) in [5.74, 6) is 0.780. The summed E-state index contributed by atoms with van der Waals surface area (Å²) in [4.78, 5) is 26.7. The fourth-order valence-corrected chi connectivity index (χ4v) is 3.53. The molecule has 7 heteroatoms. The van der Waals surface area contributed by atoms with Gasteiger partial charge in [0, 0.05) is 12.4 Å². The molecule has 4 rings (SSSR count). The Kier molecular flexibility index (Phi) is 4.61. The molecule has 0 unspecified atom stereocenters. The molecule has 1 aliphatic rings. The third-order valence-electron chi connectivity index (χ3n) is 4.94. The van der Waals surface area contributed by atoms with Crippen LogP contribution >= 0.6 is 11.6 Å². The van der Waals surface area contributed by atoms with Crippen molar-refractivity contribution in [3.05, 3.63) is 52.9 Å². The topological polar surface area (TPSA) is 73.9 Å². The van der Waals surface area contributed by atoms with Crippen molar-refractivity contribution in [1.82, 2.24) is 19.9 Å². The molecule has 6 nitrogen and oxygen atoms in total. The van der Waals surface area contributed by atoms with Gasteiger partial charge < -0.3 is 15.2 Å². The highest BCUT2D eigenvalue weighted by Crippen LogP contribution is 2.32. The van der Waals surface area contributed by atoms with Crippen molar-refractivity contribution in [1.29, 1.82) is 0 Å². The molecule has 0 radical (unpaired) electrons. The summed E-state index contributed by atoms with van der Waals surface area (Å²) in [6.07, 6.45) is 5.76. The Hall–Kier alpha value is -2.44. The van der Waals surface area contributed by atoms with E-state index in [9.17, 15) is 4.79 Å². The first-order valence-electron chi connectivity index (χ1n) is 8.69. The van der Waals surface area contributed by atoms with Crippen LogP contribution in [-0.4, -0.2) is 45.9 Å². The zero-order chi connectivity index (χ0) is 18.1. The number of hydrogen-bond acceptors (Lipinski definition) is 4. The van der Waals surface area contributed by atoms with Gasteiger partial charge in [0.2, 0.25) is 0 Å². The van der Waals surface area contributed by atoms with Crippen LogP contribution in [0.1, 0.15) is 34.7 Å². The number of likely N-dealkylation sites (tertiary alicyclic amines) is 1. The van der Waals surface area contributed by atoms with E-state index >= 15 is 0 Å². The van der Waals surface area contributed by atoms with Gasteiger partial charge in [0.1, 0.15) is 11.0 Å². The van der Waals surface area contributed by atoms with Gasteiger partial charge in [0.25, 0.3) is 5.91 Å². The normalized spacial score (nSPS) is 16.1. The van der Waals surface area contributed by atoms with Crippen LogP contribution in [0.25, 0.3) is 11.0 Å². The standard InChI is InChI=1S/C19H20ClN5O/c1-25-8-6-12(7-9-25)14-11-21-15-3-5-17(23-18(14)15)24-19(26)13-2-4-16(20)22-10-13/h2-5,10-12,21H,6-9H2,1H3,(H,23,24,26). The molecule has 1 aliphatic heterocycles. The number of carbonyl (C=O) groups excluding carboxylic acids is 1. The van der Waals surface area contributed by atoms with E-state index in [1.54, 1.807) is 18.2 Å². The summed E-state index contributed by atoms with van der Waals surface area (Å²) in [5.41, 5.74) is 3.61. The van der Waals surface area contributed by atoms with Crippen LogP contribution in [0.15, 0.2) is 36.7 Å². The number of halogens is 1. The Bertz CT molecular complexity index is 929. The number of nitrogens with one attached hydrogen (secondary N) is 2. The largest absolute Gasteiger partial charge is 0.360 e. The van der Waals surface area contributed by atoms with Gasteiger partial charge >= 0.3 is 0 Å². The number of amides is 1. The predicted molar refractivity (Wildman–Crippen MR) is 103 cm³/mol. The molecule has 1 amide bonds. The highest BCUT2D eigenvalue weighted by molar-refractivity contribution is 6.29. The molecule has 0 aromatic carbocycles. The third-order valence-corrected chi connectivity index (χ3v) is 5.16. The minimum atomic E-state index is -0.252. The average molecular weight is 370 g/mol. The van der Waals surface area contributed by atoms with Crippen LogP contribution in [0.4, 0.5) is 5.82 Å². The number of aromatic nitrogens is 3. The van der Waals surface area contributed by atoms with Crippen LogP contribution in [0.3, 0.4) is 0 Å². The summed E-state index contributed by atoms with van der Waals surface area (Å²) < 4.78 is 0. The number of nitrogens with zero attached hydrogens (tertiary/aromatic N) is 3. The van der Waals surface area contributed by atoms with Gasteiger partial charge in [-0.3, -0.25) is 4.79 Å². The van der Waals surface area contributed by atoms with Crippen molar-refractivity contribution in [3.63, 3.8) is 0 Å². The van der Waals surface area contributed by atoms with Gasteiger partial charge in [-0.15, -0.1) is 0 Å². The van der Waals surface area contributed by atoms with E-state index in [4.69, 9.17) is 11.6 Å². The van der Waals surface area contributed by atoms with Gasteiger partial charge in [-0.05, 0) is 68.7 Å². The van der Waals surface area contributed by atoms with Crippen LogP contribution in [0, 0.1) is 0 Å². The van der Waals surface area contributed by atoms with Crippen molar-refractivity contribution in [2.45, 2.75) is 18.8 Å². The highest BCUT2D eigenvalue weighted by Gasteiger charge is 2.22. The van der Waals surface area contributed by atoms with Crippen LogP contribution in [0.5, 0.6) is 0 Å². The van der Waals surface area contributed by atoms with E-state index in [-0.39, 0.29) is 5.91 Å². The molecule has 4 heterocycles. The van der Waals surface area contributed by atoms with Crippen LogP contribution < -0.4 is 5.32 Å². The van der Waals surface area contributed by atoms with Crippen molar-refractivity contribution in [3.8, 4) is 0 Å². The number of rotatable bonds is 3. The number of anilines is 1. The Balaban J connectivity index is 1.57. The maximum Gasteiger partial charge on any atom is 0.258 e. The maximum atomic E-state index is 12.4. The highest BCUT2D eigenvalue weighted by atomic mass is 35.5. The molecule has 1 saturated heterocycles. The smallest absolute Gasteiger partial charge is 0.258 e. The van der Waals surface area contributed by atoms with E-state index < -0.39 is 0 Å². The van der Waals surface area contributed by atoms with Gasteiger partial charge in [-0.25, -0.2) is 9.97 Å². The molecule has 26 heavy (non-hydrogen) atoms. The lowest BCUT2D eigenvalue weighted by Gasteiger charge is -2.28. The summed E-state index contributed by atoms with van der Waals surface area (Å²) >= 11 is 5.77. The second-order valence-electron chi connectivity index (χ2n) is 6.74. The van der Waals surface area contributed by atoms with E-state index in [1.807, 2.05) is 6.07 Å². The first-order chi connectivity index (χ1) is 12.6. The van der Waals surface area contributed by atoms with E-state index in [0.717, 1.165) is 37.0 Å². The summed E-state index contributed by atoms with van der Waals surface area (Å²) in [7, 11) is 2.16. The van der Waals surface area contributed by atoms with Gasteiger partial charge in [-0.2, -0.15) is 0 Å². The van der Waals surface area contributed by atoms with Crippen molar-refractivity contribution >= 4 is 34.4 Å². The first kappa shape index (κ1) is 17.0. The Morgan fingerprint density at radius 2 is 2.08 bits per heavy atom. The molecule has 134 valence electrons. The van der Waals surface area contributed by atoms with Crippen molar-refractivity contribution in [2.24, 2.45) is 0 Å². The predicted octanol–water partition coefficient (Wildman–Crippen LogP) is 3.67. The molecule has 2 N–H and O–H groups in total. The second-order valence-corrected chi connectivity index (χ2v) is 7.13. The fourth-order valence-electron chi connectivity index (χ4n) is 3.42. The molecule has 0 bridgehead atoms. The fraction of sp³-hybridized carbons (Fsp3) is 0.316. The molecule has 3 aromatic rings. The Morgan fingerprint density at radius 1 is 1.27 bits per heavy atom. The molecule has 1 fully saturated rings. The molecule has 0 spiro atoms. The van der Waals surface area contributed by atoms with E-state index in [1.165, 1.54) is 11.8 Å². The SMILES string of the molecule is CN1CCC(c2c[nH]c3ccc(NC(=O)c4ccc(Cl)nc4)nc23)CC1. The first-order valence-corrected chi connectivity index (χ1v) is 9.07. The van der Waals surface area contributed by atoms with Gasteiger partial charge in [0.05, 0.1) is 16.6 Å². The van der Waals surface area contributed by atoms with Crippen LogP contribution in [-0.2, 0) is 0 Å². The number of pyridine rings is 2. The number of carbonyl (C=O) groups is 1. The number of fused-ring (bicyclic) bond motifs is 1. The molecule has 3 aromatic heterocycles. The monoisotopic (exact) mass is 369 g/mol. The van der Waals surface area contributed by atoms with Gasteiger partial charge in [0.15, 0.2) is 0 Å². The number of H-pyrrole nitrogens is 1. The average Bonchev–Trinajstić information content (AvgIpc) is 3.06. The number of aromatic amines is 1. The molecule has 0 atom stereocenters.